The summed E-state index contributed by atoms with van der Waals surface area (Å²) in [4.78, 5) is 22.8. The predicted octanol–water partition coefficient (Wildman–Crippen LogP) is 2.75. The molecule has 1 aliphatic carbocycles. The van der Waals surface area contributed by atoms with E-state index in [0.29, 0.717) is 18.8 Å². The second-order valence-corrected chi connectivity index (χ2v) is 5.87. The minimum Gasteiger partial charge on any atom is -0.481 e. The van der Waals surface area contributed by atoms with Gasteiger partial charge in [0.05, 0.1) is 5.92 Å². The zero-order valence-electron chi connectivity index (χ0n) is 12.8. The molecule has 5 heteroatoms. The van der Waals surface area contributed by atoms with Crippen LogP contribution in [0.25, 0.3) is 0 Å². The Balaban J connectivity index is 2.31. The normalized spacial score (nSPS) is 24.2. The smallest absolute Gasteiger partial charge is 0.315 e. The highest BCUT2D eigenvalue weighted by Gasteiger charge is 2.27. The molecule has 1 fully saturated rings. The van der Waals surface area contributed by atoms with E-state index in [-0.39, 0.29) is 24.0 Å². The van der Waals surface area contributed by atoms with E-state index >= 15 is 0 Å². The van der Waals surface area contributed by atoms with E-state index in [1.807, 2.05) is 6.92 Å². The molecule has 5 nitrogen and oxygen atoms in total. The number of carboxylic acid groups (broad SMARTS) is 1. The number of amides is 2. The number of carbonyl (C=O) groups excluding carboxylic acids is 1. The quantitative estimate of drug-likeness (QED) is 0.701. The first-order valence-corrected chi connectivity index (χ1v) is 7.77. The molecule has 0 aliphatic heterocycles. The Labute approximate surface area is 121 Å². The van der Waals surface area contributed by atoms with Crippen molar-refractivity contribution in [3.8, 4) is 0 Å². The number of carboxylic acids is 1. The third-order valence-electron chi connectivity index (χ3n) is 4.53. The highest BCUT2D eigenvalue weighted by atomic mass is 16.4. The molecular weight excluding hydrogens is 256 g/mol. The SMILES string of the molecule is CCC(CC)C(C)NC(=O)NC1CCC(C(=O)O)CC1. The van der Waals surface area contributed by atoms with Gasteiger partial charge in [0, 0.05) is 12.1 Å². The predicted molar refractivity (Wildman–Crippen MR) is 78.6 cm³/mol. The molecular formula is C15H28N2O3. The summed E-state index contributed by atoms with van der Waals surface area (Å²) < 4.78 is 0. The fourth-order valence-electron chi connectivity index (χ4n) is 3.03. The largest absolute Gasteiger partial charge is 0.481 e. The molecule has 1 unspecified atom stereocenters. The zero-order chi connectivity index (χ0) is 15.1. The van der Waals surface area contributed by atoms with Crippen molar-refractivity contribution in [2.24, 2.45) is 11.8 Å². The van der Waals surface area contributed by atoms with Gasteiger partial charge in [-0.2, -0.15) is 0 Å². The van der Waals surface area contributed by atoms with Crippen molar-refractivity contribution in [2.45, 2.75) is 71.4 Å². The van der Waals surface area contributed by atoms with E-state index in [0.717, 1.165) is 25.7 Å². The molecule has 3 N–H and O–H groups in total. The molecule has 0 saturated heterocycles. The summed E-state index contributed by atoms with van der Waals surface area (Å²) in [5, 5.41) is 14.9. The van der Waals surface area contributed by atoms with E-state index in [1.165, 1.54) is 0 Å². The molecule has 2 amide bonds. The molecule has 1 rings (SSSR count). The lowest BCUT2D eigenvalue weighted by molar-refractivity contribution is -0.142. The number of urea groups is 1. The molecule has 20 heavy (non-hydrogen) atoms. The van der Waals surface area contributed by atoms with Crippen molar-refractivity contribution in [1.29, 1.82) is 0 Å². The zero-order valence-corrected chi connectivity index (χ0v) is 12.8. The summed E-state index contributed by atoms with van der Waals surface area (Å²) in [6.07, 6.45) is 4.93. The average molecular weight is 284 g/mol. The highest BCUT2D eigenvalue weighted by molar-refractivity contribution is 5.74. The Bertz CT molecular complexity index is 321. The Hall–Kier alpha value is -1.26. The Morgan fingerprint density at radius 1 is 1.15 bits per heavy atom. The maximum atomic E-state index is 11.9. The van der Waals surface area contributed by atoms with E-state index in [4.69, 9.17) is 5.11 Å². The van der Waals surface area contributed by atoms with Crippen LogP contribution < -0.4 is 10.6 Å². The van der Waals surface area contributed by atoms with E-state index in [9.17, 15) is 9.59 Å². The van der Waals surface area contributed by atoms with Gasteiger partial charge in [-0.1, -0.05) is 26.7 Å². The van der Waals surface area contributed by atoms with Crippen molar-refractivity contribution in [3.05, 3.63) is 0 Å². The first kappa shape index (κ1) is 16.8. The van der Waals surface area contributed by atoms with Crippen LogP contribution in [-0.2, 0) is 4.79 Å². The van der Waals surface area contributed by atoms with Gasteiger partial charge in [-0.25, -0.2) is 4.79 Å². The van der Waals surface area contributed by atoms with Crippen LogP contribution in [0.15, 0.2) is 0 Å². The topological polar surface area (TPSA) is 78.4 Å². The minimum absolute atomic E-state index is 0.111. The average Bonchev–Trinajstić information content (AvgIpc) is 2.40. The first-order chi connectivity index (χ1) is 9.47. The second kappa shape index (κ2) is 8.12. The van der Waals surface area contributed by atoms with Crippen LogP contribution in [0.1, 0.15) is 59.3 Å². The molecule has 0 aromatic rings. The summed E-state index contributed by atoms with van der Waals surface area (Å²) in [5.41, 5.74) is 0. The lowest BCUT2D eigenvalue weighted by Crippen LogP contribution is -2.48. The number of nitrogens with one attached hydrogen (secondary N) is 2. The molecule has 0 spiro atoms. The molecule has 116 valence electrons. The van der Waals surface area contributed by atoms with Gasteiger partial charge >= 0.3 is 12.0 Å². The maximum Gasteiger partial charge on any atom is 0.315 e. The van der Waals surface area contributed by atoms with Gasteiger partial charge in [0.15, 0.2) is 0 Å². The van der Waals surface area contributed by atoms with E-state index in [1.54, 1.807) is 0 Å². The lowest BCUT2D eigenvalue weighted by Gasteiger charge is -2.28. The van der Waals surface area contributed by atoms with Gasteiger partial charge in [0.1, 0.15) is 0 Å². The third-order valence-corrected chi connectivity index (χ3v) is 4.53. The molecule has 1 atom stereocenters. The molecule has 0 radical (unpaired) electrons. The van der Waals surface area contributed by atoms with Crippen LogP contribution >= 0.6 is 0 Å². The van der Waals surface area contributed by atoms with E-state index < -0.39 is 5.97 Å². The van der Waals surface area contributed by atoms with Crippen LogP contribution in [0.5, 0.6) is 0 Å². The van der Waals surface area contributed by atoms with Crippen LogP contribution in [0.4, 0.5) is 4.79 Å². The minimum atomic E-state index is -0.713. The first-order valence-electron chi connectivity index (χ1n) is 7.77. The van der Waals surface area contributed by atoms with Crippen LogP contribution in [0.3, 0.4) is 0 Å². The summed E-state index contributed by atoms with van der Waals surface area (Å²) in [5.74, 6) is -0.446. The number of hydrogen-bond donors (Lipinski definition) is 3. The summed E-state index contributed by atoms with van der Waals surface area (Å²) >= 11 is 0. The second-order valence-electron chi connectivity index (χ2n) is 5.87. The molecule has 0 aromatic carbocycles. The number of aliphatic carboxylic acids is 1. The Morgan fingerprint density at radius 2 is 1.70 bits per heavy atom. The van der Waals surface area contributed by atoms with E-state index in [2.05, 4.69) is 24.5 Å². The van der Waals surface area contributed by atoms with Crippen molar-refractivity contribution < 1.29 is 14.7 Å². The summed E-state index contributed by atoms with van der Waals surface area (Å²) in [6, 6.07) is 0.156. The Morgan fingerprint density at radius 3 is 2.15 bits per heavy atom. The molecule has 0 heterocycles. The van der Waals surface area contributed by atoms with Crippen molar-refractivity contribution in [3.63, 3.8) is 0 Å². The van der Waals surface area contributed by atoms with Crippen molar-refractivity contribution >= 4 is 12.0 Å². The number of carbonyl (C=O) groups is 2. The molecule has 1 saturated carbocycles. The van der Waals surface area contributed by atoms with Crippen molar-refractivity contribution in [2.75, 3.05) is 0 Å². The molecule has 0 bridgehead atoms. The van der Waals surface area contributed by atoms with Gasteiger partial charge in [-0.15, -0.1) is 0 Å². The van der Waals surface area contributed by atoms with Gasteiger partial charge in [-0.05, 0) is 38.5 Å². The van der Waals surface area contributed by atoms with Gasteiger partial charge < -0.3 is 15.7 Å². The number of hydrogen-bond acceptors (Lipinski definition) is 2. The van der Waals surface area contributed by atoms with Crippen LogP contribution in [0, 0.1) is 11.8 Å². The van der Waals surface area contributed by atoms with Gasteiger partial charge in [0.25, 0.3) is 0 Å². The monoisotopic (exact) mass is 284 g/mol. The lowest BCUT2D eigenvalue weighted by atomic mass is 9.86. The molecule has 0 aromatic heterocycles. The van der Waals surface area contributed by atoms with Gasteiger partial charge in [-0.3, -0.25) is 4.79 Å². The van der Waals surface area contributed by atoms with Crippen LogP contribution in [0.2, 0.25) is 0 Å². The third kappa shape index (κ3) is 5.02. The maximum absolute atomic E-state index is 11.9. The molecule has 1 aliphatic rings. The fraction of sp³-hybridized carbons (Fsp3) is 0.867. The highest BCUT2D eigenvalue weighted by Crippen LogP contribution is 2.24. The standard InChI is InChI=1S/C15H28N2O3/c1-4-11(5-2)10(3)16-15(20)17-13-8-6-12(7-9-13)14(18)19/h10-13H,4-9H2,1-3H3,(H,18,19)(H2,16,17,20). The summed E-state index contributed by atoms with van der Waals surface area (Å²) in [6.45, 7) is 6.31. The van der Waals surface area contributed by atoms with Crippen molar-refractivity contribution in [1.82, 2.24) is 10.6 Å². The Kier molecular flexibility index (Phi) is 6.82. The number of rotatable bonds is 6. The van der Waals surface area contributed by atoms with Crippen LogP contribution in [-0.4, -0.2) is 29.2 Å². The van der Waals surface area contributed by atoms with Gasteiger partial charge in [0.2, 0.25) is 0 Å². The summed E-state index contributed by atoms with van der Waals surface area (Å²) in [7, 11) is 0. The fourth-order valence-corrected chi connectivity index (χ4v) is 3.03.